The van der Waals surface area contributed by atoms with E-state index in [4.69, 9.17) is 14.2 Å². The van der Waals surface area contributed by atoms with E-state index in [0.717, 1.165) is 12.2 Å². The number of methoxy groups -OCH3 is 1. The first-order valence-corrected chi connectivity index (χ1v) is 11.5. The van der Waals surface area contributed by atoms with Gasteiger partial charge in [-0.25, -0.2) is 0 Å². The lowest BCUT2D eigenvalue weighted by Gasteiger charge is -2.14. The van der Waals surface area contributed by atoms with Crippen LogP contribution in [0.25, 0.3) is 0 Å². The quantitative estimate of drug-likeness (QED) is 0.304. The minimum absolute atomic E-state index is 0.0321. The van der Waals surface area contributed by atoms with Crippen LogP contribution < -0.4 is 25.4 Å². The Bertz CT molecular complexity index is 1080. The maximum Gasteiger partial charge on any atom is 0.251 e. The average molecular weight is 478 g/mol. The van der Waals surface area contributed by atoms with Gasteiger partial charge in [-0.15, -0.1) is 0 Å². The van der Waals surface area contributed by atoms with Gasteiger partial charge in [-0.2, -0.15) is 0 Å². The van der Waals surface area contributed by atoms with E-state index < -0.39 is 0 Å². The van der Waals surface area contributed by atoms with Gasteiger partial charge in [0, 0.05) is 31.5 Å². The van der Waals surface area contributed by atoms with Crippen LogP contribution >= 0.6 is 0 Å². The van der Waals surface area contributed by atoms with Crippen molar-refractivity contribution in [1.82, 2.24) is 5.32 Å². The second-order valence-corrected chi connectivity index (χ2v) is 7.59. The molecule has 0 aromatic heterocycles. The predicted octanol–water partition coefficient (Wildman–Crippen LogP) is 3.96. The lowest BCUT2D eigenvalue weighted by atomic mass is 10.2. The SMILES string of the molecule is COCCCNC(=O)c1cccc(NCC(=O)Nc2ccccc2OCCOc2ccccc2)c1. The molecule has 0 radical (unpaired) electrons. The van der Waals surface area contributed by atoms with E-state index in [1.807, 2.05) is 42.5 Å². The lowest BCUT2D eigenvalue weighted by molar-refractivity contribution is -0.114. The number of carbonyl (C=O) groups excluding carboxylic acids is 2. The molecule has 0 unspecified atom stereocenters. The molecule has 3 aromatic carbocycles. The molecular weight excluding hydrogens is 446 g/mol. The molecular formula is C27H31N3O5. The normalized spacial score (nSPS) is 10.3. The molecule has 0 fully saturated rings. The van der Waals surface area contributed by atoms with Crippen LogP contribution in [0.15, 0.2) is 78.9 Å². The number of hydrogen-bond acceptors (Lipinski definition) is 6. The highest BCUT2D eigenvalue weighted by Crippen LogP contribution is 2.23. The molecule has 0 heterocycles. The Morgan fingerprint density at radius 3 is 2.43 bits per heavy atom. The molecule has 3 aromatic rings. The number of hydrogen-bond donors (Lipinski definition) is 3. The van der Waals surface area contributed by atoms with Crippen LogP contribution in [-0.2, 0) is 9.53 Å². The van der Waals surface area contributed by atoms with Gasteiger partial charge in [0.25, 0.3) is 5.91 Å². The van der Waals surface area contributed by atoms with Crippen LogP contribution in [0.4, 0.5) is 11.4 Å². The Balaban J connectivity index is 1.45. The topological polar surface area (TPSA) is 97.9 Å². The summed E-state index contributed by atoms with van der Waals surface area (Å²) in [5.74, 6) is 0.925. The van der Waals surface area contributed by atoms with Crippen LogP contribution in [0.1, 0.15) is 16.8 Å². The van der Waals surface area contributed by atoms with Crippen LogP contribution in [0.3, 0.4) is 0 Å². The van der Waals surface area contributed by atoms with Crippen LogP contribution in [-0.4, -0.2) is 51.8 Å². The van der Waals surface area contributed by atoms with Crippen LogP contribution in [0.5, 0.6) is 11.5 Å². The van der Waals surface area contributed by atoms with Gasteiger partial charge in [0.2, 0.25) is 5.91 Å². The number of amides is 2. The monoisotopic (exact) mass is 477 g/mol. The van der Waals surface area contributed by atoms with E-state index in [0.29, 0.717) is 49.1 Å². The maximum atomic E-state index is 12.5. The summed E-state index contributed by atoms with van der Waals surface area (Å²) in [6, 6.07) is 23.8. The standard InChI is InChI=1S/C27H31N3O5/c1-33-16-8-15-28-27(32)21-9-7-10-22(19-21)29-20-26(31)30-24-13-5-6-14-25(24)35-18-17-34-23-11-3-2-4-12-23/h2-7,9-14,19,29H,8,15-18,20H2,1H3,(H,28,32)(H,30,31). The van der Waals surface area contributed by atoms with Crippen molar-refractivity contribution in [3.8, 4) is 11.5 Å². The van der Waals surface area contributed by atoms with Gasteiger partial charge in [-0.1, -0.05) is 36.4 Å². The highest BCUT2D eigenvalue weighted by molar-refractivity contribution is 5.96. The molecule has 3 rings (SSSR count). The Labute approximate surface area is 205 Å². The van der Waals surface area contributed by atoms with Gasteiger partial charge < -0.3 is 30.2 Å². The first-order chi connectivity index (χ1) is 17.2. The molecule has 0 spiro atoms. The molecule has 8 nitrogen and oxygen atoms in total. The lowest BCUT2D eigenvalue weighted by Crippen LogP contribution is -2.25. The molecule has 2 amide bonds. The molecule has 35 heavy (non-hydrogen) atoms. The van der Waals surface area contributed by atoms with Crippen molar-refractivity contribution in [3.63, 3.8) is 0 Å². The molecule has 0 saturated heterocycles. The van der Waals surface area contributed by atoms with Crippen LogP contribution in [0.2, 0.25) is 0 Å². The molecule has 0 aliphatic heterocycles. The average Bonchev–Trinajstić information content (AvgIpc) is 2.89. The molecule has 0 bridgehead atoms. The van der Waals surface area contributed by atoms with Crippen molar-refractivity contribution in [2.24, 2.45) is 0 Å². The number of para-hydroxylation sites is 3. The fourth-order valence-corrected chi connectivity index (χ4v) is 3.19. The van der Waals surface area contributed by atoms with Gasteiger partial charge in [0.15, 0.2) is 0 Å². The Morgan fingerprint density at radius 2 is 1.60 bits per heavy atom. The first kappa shape index (κ1) is 25.6. The third kappa shape index (κ3) is 9.02. The van der Waals surface area contributed by atoms with Gasteiger partial charge in [0.05, 0.1) is 12.2 Å². The number of anilines is 2. The Morgan fingerprint density at radius 1 is 0.829 bits per heavy atom. The summed E-state index contributed by atoms with van der Waals surface area (Å²) in [5.41, 5.74) is 1.76. The second-order valence-electron chi connectivity index (χ2n) is 7.59. The zero-order valence-corrected chi connectivity index (χ0v) is 19.8. The highest BCUT2D eigenvalue weighted by atomic mass is 16.5. The third-order valence-electron chi connectivity index (χ3n) is 4.90. The van der Waals surface area contributed by atoms with Crippen molar-refractivity contribution in [2.45, 2.75) is 6.42 Å². The van der Waals surface area contributed by atoms with Crippen LogP contribution in [0, 0.1) is 0 Å². The van der Waals surface area contributed by atoms with Gasteiger partial charge >= 0.3 is 0 Å². The fraction of sp³-hybridized carbons (Fsp3) is 0.259. The summed E-state index contributed by atoms with van der Waals surface area (Å²) < 4.78 is 16.4. The number of nitrogens with one attached hydrogen (secondary N) is 3. The second kappa shape index (κ2) is 14.3. The number of carbonyl (C=O) groups is 2. The van der Waals surface area contributed by atoms with E-state index in [1.54, 1.807) is 43.5 Å². The molecule has 184 valence electrons. The summed E-state index contributed by atoms with van der Waals surface area (Å²) in [4.78, 5) is 24.8. The predicted molar refractivity (Wildman–Crippen MR) is 136 cm³/mol. The molecule has 8 heteroatoms. The smallest absolute Gasteiger partial charge is 0.251 e. The fourth-order valence-electron chi connectivity index (χ4n) is 3.19. The Hall–Kier alpha value is -4.04. The molecule has 3 N–H and O–H groups in total. The van der Waals surface area contributed by atoms with E-state index >= 15 is 0 Å². The maximum absolute atomic E-state index is 12.5. The van der Waals surface area contributed by atoms with Gasteiger partial charge in [-0.05, 0) is 48.9 Å². The summed E-state index contributed by atoms with van der Waals surface area (Å²) in [6.07, 6.45) is 0.742. The summed E-state index contributed by atoms with van der Waals surface area (Å²) in [6.45, 7) is 1.87. The molecule has 0 aliphatic carbocycles. The van der Waals surface area contributed by atoms with Crippen molar-refractivity contribution in [1.29, 1.82) is 0 Å². The third-order valence-corrected chi connectivity index (χ3v) is 4.90. The van der Waals surface area contributed by atoms with E-state index in [2.05, 4.69) is 16.0 Å². The van der Waals surface area contributed by atoms with Crippen molar-refractivity contribution >= 4 is 23.2 Å². The van der Waals surface area contributed by atoms with E-state index in [9.17, 15) is 9.59 Å². The molecule has 0 aliphatic rings. The highest BCUT2D eigenvalue weighted by Gasteiger charge is 2.09. The van der Waals surface area contributed by atoms with E-state index in [-0.39, 0.29) is 18.4 Å². The minimum atomic E-state index is -0.240. The zero-order valence-electron chi connectivity index (χ0n) is 19.8. The van der Waals surface area contributed by atoms with Crippen molar-refractivity contribution in [3.05, 3.63) is 84.4 Å². The van der Waals surface area contributed by atoms with Crippen molar-refractivity contribution < 1.29 is 23.8 Å². The molecule has 0 saturated carbocycles. The largest absolute Gasteiger partial charge is 0.490 e. The Kier molecular flexibility index (Phi) is 10.4. The van der Waals surface area contributed by atoms with E-state index in [1.165, 1.54) is 0 Å². The minimum Gasteiger partial charge on any atom is -0.490 e. The first-order valence-electron chi connectivity index (χ1n) is 11.5. The van der Waals surface area contributed by atoms with Gasteiger partial charge in [-0.3, -0.25) is 9.59 Å². The number of ether oxygens (including phenoxy) is 3. The summed E-state index contributed by atoms with van der Waals surface area (Å²) >= 11 is 0. The number of benzene rings is 3. The van der Waals surface area contributed by atoms with Crippen molar-refractivity contribution in [2.75, 3.05) is 50.7 Å². The molecule has 0 atom stereocenters. The van der Waals surface area contributed by atoms with Gasteiger partial charge in [0.1, 0.15) is 24.7 Å². The number of rotatable bonds is 14. The summed E-state index contributed by atoms with van der Waals surface area (Å²) in [5, 5.41) is 8.76. The summed E-state index contributed by atoms with van der Waals surface area (Å²) in [7, 11) is 1.63. The zero-order chi connectivity index (χ0) is 24.7.